The van der Waals surface area contributed by atoms with Gasteiger partial charge in [0.05, 0.1) is 6.61 Å². The van der Waals surface area contributed by atoms with Crippen LogP contribution in [0.5, 0.6) is 0 Å². The first kappa shape index (κ1) is 7.94. The van der Waals surface area contributed by atoms with Crippen molar-refractivity contribution in [2.24, 2.45) is 0 Å². The highest BCUT2D eigenvalue weighted by molar-refractivity contribution is 6.45. The summed E-state index contributed by atoms with van der Waals surface area (Å²) in [4.78, 5) is 0. The van der Waals surface area contributed by atoms with E-state index in [4.69, 9.17) is 10.1 Å². The van der Waals surface area contributed by atoms with Gasteiger partial charge >= 0.3 is 7.05 Å². The van der Waals surface area contributed by atoms with Gasteiger partial charge in [0.15, 0.2) is 0 Å². The average Bonchev–Trinajstić information content (AvgIpc) is 1.65. The molecule has 3 nitrogen and oxygen atoms in total. The van der Waals surface area contributed by atoms with Crippen LogP contribution in [0.4, 0.5) is 0 Å². The van der Waals surface area contributed by atoms with Gasteiger partial charge in [-0.2, -0.15) is 0 Å². The number of hydrogen-bond donors (Lipinski definition) is 3. The molecule has 0 aliphatic carbocycles. The van der Waals surface area contributed by atoms with E-state index in [9.17, 15) is 0 Å². The van der Waals surface area contributed by atoms with Crippen LogP contribution in [0.3, 0.4) is 0 Å². The van der Waals surface area contributed by atoms with Crippen LogP contribution in [0.2, 0.25) is 6.82 Å². The Balaban J connectivity index is 3.10. The van der Waals surface area contributed by atoms with Crippen molar-refractivity contribution in [2.45, 2.75) is 19.8 Å². The van der Waals surface area contributed by atoms with Crippen LogP contribution in [-0.2, 0) is 0 Å². The minimum absolute atomic E-state index is 0.0185. The molecule has 0 fully saturated rings. The lowest BCUT2D eigenvalue weighted by molar-refractivity contribution is 0.262. The second kappa shape index (κ2) is 3.89. The number of rotatable bonds is 3. The molecule has 0 amide bonds. The minimum Gasteiger partial charge on any atom is -0.437 e. The third kappa shape index (κ3) is 4.11. The molecule has 0 saturated heterocycles. The normalized spacial score (nSPS) is 13.5. The number of aliphatic hydroxyl groups excluding tert-OH is 1. The van der Waals surface area contributed by atoms with Crippen molar-refractivity contribution in [3.8, 4) is 0 Å². The first-order valence-electron chi connectivity index (χ1n) is 2.71. The summed E-state index contributed by atoms with van der Waals surface area (Å²) in [6.45, 7) is 3.48. The van der Waals surface area contributed by atoms with E-state index in [2.05, 4.69) is 5.23 Å². The summed E-state index contributed by atoms with van der Waals surface area (Å²) in [5.41, 5.74) is 0. The average molecular weight is 117 g/mol. The molecule has 0 saturated carbocycles. The van der Waals surface area contributed by atoms with Gasteiger partial charge in [0, 0.05) is 6.04 Å². The summed E-state index contributed by atoms with van der Waals surface area (Å²) in [7, 11) is -0.530. The summed E-state index contributed by atoms with van der Waals surface area (Å²) in [5, 5.41) is 19.7. The zero-order valence-corrected chi connectivity index (χ0v) is 5.26. The Labute approximate surface area is 49.9 Å². The zero-order valence-electron chi connectivity index (χ0n) is 5.26. The SMILES string of the molecule is CB(O)N[C@H](C)CO. The topological polar surface area (TPSA) is 52.5 Å². The highest BCUT2D eigenvalue weighted by Crippen LogP contribution is 1.77. The molecule has 0 heterocycles. The quantitative estimate of drug-likeness (QED) is 0.418. The zero-order chi connectivity index (χ0) is 6.57. The van der Waals surface area contributed by atoms with Crippen molar-refractivity contribution in [2.75, 3.05) is 6.61 Å². The van der Waals surface area contributed by atoms with Crippen molar-refractivity contribution in [3.05, 3.63) is 0 Å². The van der Waals surface area contributed by atoms with Crippen LogP contribution in [0.15, 0.2) is 0 Å². The van der Waals surface area contributed by atoms with E-state index in [1.54, 1.807) is 13.7 Å². The standard InChI is InChI=1S/C4H12BNO2/c1-4(3-7)6-5(2)8/h4,6-8H,3H2,1-2H3/t4-/m1/s1. The van der Waals surface area contributed by atoms with Crippen molar-refractivity contribution in [1.82, 2.24) is 5.23 Å². The summed E-state index contributed by atoms with van der Waals surface area (Å²) >= 11 is 0. The lowest BCUT2D eigenvalue weighted by atomic mass is 9.88. The Morgan fingerprint density at radius 1 is 1.75 bits per heavy atom. The molecule has 0 aromatic rings. The third-order valence-electron chi connectivity index (χ3n) is 0.800. The molecule has 4 heteroatoms. The predicted octanol–water partition coefficient (Wildman–Crippen LogP) is -0.933. The maximum absolute atomic E-state index is 8.63. The predicted molar refractivity (Wildman–Crippen MR) is 33.5 cm³/mol. The minimum atomic E-state index is -0.530. The van der Waals surface area contributed by atoms with E-state index < -0.39 is 7.05 Å². The number of hydrogen-bond acceptors (Lipinski definition) is 3. The molecule has 48 valence electrons. The van der Waals surface area contributed by atoms with Gasteiger partial charge in [0.25, 0.3) is 0 Å². The largest absolute Gasteiger partial charge is 0.437 e. The van der Waals surface area contributed by atoms with Crippen molar-refractivity contribution in [3.63, 3.8) is 0 Å². The molecule has 0 radical (unpaired) electrons. The molecule has 8 heavy (non-hydrogen) atoms. The van der Waals surface area contributed by atoms with Gasteiger partial charge in [-0.15, -0.1) is 0 Å². The molecule has 3 N–H and O–H groups in total. The fourth-order valence-corrected chi connectivity index (χ4v) is 0.464. The summed E-state index contributed by atoms with van der Waals surface area (Å²) < 4.78 is 0. The molecule has 0 rings (SSSR count). The highest BCUT2D eigenvalue weighted by atomic mass is 16.3. The van der Waals surface area contributed by atoms with Gasteiger partial charge in [-0.25, -0.2) is 0 Å². The van der Waals surface area contributed by atoms with Crippen LogP contribution in [-0.4, -0.2) is 29.8 Å². The maximum Gasteiger partial charge on any atom is 0.373 e. The van der Waals surface area contributed by atoms with Crippen molar-refractivity contribution < 1.29 is 10.1 Å². The monoisotopic (exact) mass is 117 g/mol. The molecule has 0 aromatic heterocycles. The Bertz CT molecular complexity index is 60.0. The first-order chi connectivity index (χ1) is 3.66. The van der Waals surface area contributed by atoms with E-state index in [1.807, 2.05) is 0 Å². The second-order valence-electron chi connectivity index (χ2n) is 1.93. The third-order valence-corrected chi connectivity index (χ3v) is 0.800. The Morgan fingerprint density at radius 3 is 2.38 bits per heavy atom. The molecule has 0 aliphatic rings. The lowest BCUT2D eigenvalue weighted by Crippen LogP contribution is -2.40. The fraction of sp³-hybridized carbons (Fsp3) is 1.00. The Kier molecular flexibility index (Phi) is 3.86. The Hall–Kier alpha value is -0.0551. The van der Waals surface area contributed by atoms with Gasteiger partial charge in [-0.1, -0.05) is 0 Å². The van der Waals surface area contributed by atoms with Crippen LogP contribution in [0.1, 0.15) is 6.92 Å². The van der Waals surface area contributed by atoms with E-state index in [0.29, 0.717) is 0 Å². The Morgan fingerprint density at radius 2 is 2.25 bits per heavy atom. The van der Waals surface area contributed by atoms with E-state index in [1.165, 1.54) is 0 Å². The van der Waals surface area contributed by atoms with Crippen LogP contribution < -0.4 is 5.23 Å². The molecule has 0 bridgehead atoms. The molecule has 1 atom stereocenters. The molecule has 0 unspecified atom stereocenters. The van der Waals surface area contributed by atoms with Gasteiger partial charge in [-0.05, 0) is 13.7 Å². The van der Waals surface area contributed by atoms with Crippen LogP contribution >= 0.6 is 0 Å². The van der Waals surface area contributed by atoms with Crippen LogP contribution in [0, 0.1) is 0 Å². The smallest absolute Gasteiger partial charge is 0.373 e. The van der Waals surface area contributed by atoms with Crippen molar-refractivity contribution in [1.29, 1.82) is 0 Å². The van der Waals surface area contributed by atoms with E-state index in [0.717, 1.165) is 0 Å². The lowest BCUT2D eigenvalue weighted by Gasteiger charge is -2.09. The summed E-state index contributed by atoms with van der Waals surface area (Å²) in [6.07, 6.45) is 0. The van der Waals surface area contributed by atoms with E-state index >= 15 is 0 Å². The summed E-state index contributed by atoms with van der Waals surface area (Å²) in [5.74, 6) is 0. The van der Waals surface area contributed by atoms with E-state index in [-0.39, 0.29) is 12.6 Å². The van der Waals surface area contributed by atoms with Gasteiger partial charge in [-0.3, -0.25) is 0 Å². The maximum atomic E-state index is 8.63. The van der Waals surface area contributed by atoms with Gasteiger partial charge in [0.1, 0.15) is 0 Å². The fourth-order valence-electron chi connectivity index (χ4n) is 0.464. The molecular weight excluding hydrogens is 105 g/mol. The van der Waals surface area contributed by atoms with Gasteiger partial charge in [0.2, 0.25) is 0 Å². The van der Waals surface area contributed by atoms with Gasteiger partial charge < -0.3 is 15.4 Å². The molecule has 0 aliphatic heterocycles. The highest BCUT2D eigenvalue weighted by Gasteiger charge is 2.05. The first-order valence-corrected chi connectivity index (χ1v) is 2.71. The molecular formula is C4H12BNO2. The van der Waals surface area contributed by atoms with Crippen LogP contribution in [0.25, 0.3) is 0 Å². The molecule has 0 aromatic carbocycles. The van der Waals surface area contributed by atoms with Crippen molar-refractivity contribution >= 4 is 7.05 Å². The number of nitrogens with one attached hydrogen (secondary N) is 1. The summed E-state index contributed by atoms with van der Waals surface area (Å²) in [6, 6.07) is -0.0185. The second-order valence-corrected chi connectivity index (χ2v) is 1.93. The molecule has 0 spiro atoms. The number of aliphatic hydroxyl groups is 1.